The van der Waals surface area contributed by atoms with Crippen LogP contribution in [0.4, 0.5) is 8.78 Å². The SMILES string of the molecule is COc1cc(C(F)F)[nH]c(=O)c1C#N. The van der Waals surface area contributed by atoms with E-state index >= 15 is 0 Å². The first kappa shape index (κ1) is 10.2. The molecule has 1 rings (SSSR count). The molecular weight excluding hydrogens is 194 g/mol. The Labute approximate surface area is 77.7 Å². The molecule has 0 spiro atoms. The Kier molecular flexibility index (Phi) is 2.82. The van der Waals surface area contributed by atoms with E-state index in [0.29, 0.717) is 0 Å². The van der Waals surface area contributed by atoms with Crippen LogP contribution < -0.4 is 10.3 Å². The van der Waals surface area contributed by atoms with Crippen molar-refractivity contribution >= 4 is 0 Å². The van der Waals surface area contributed by atoms with Crippen molar-refractivity contribution in [3.8, 4) is 11.8 Å². The highest BCUT2D eigenvalue weighted by atomic mass is 19.3. The van der Waals surface area contributed by atoms with Crippen molar-refractivity contribution in [3.63, 3.8) is 0 Å². The van der Waals surface area contributed by atoms with Crippen LogP contribution in [0.15, 0.2) is 10.9 Å². The zero-order valence-corrected chi connectivity index (χ0v) is 7.17. The molecule has 0 radical (unpaired) electrons. The number of ether oxygens (including phenoxy) is 1. The second-order valence-corrected chi connectivity index (χ2v) is 2.41. The third kappa shape index (κ3) is 1.71. The topological polar surface area (TPSA) is 65.9 Å². The number of hydrogen-bond acceptors (Lipinski definition) is 3. The van der Waals surface area contributed by atoms with E-state index in [0.717, 1.165) is 6.07 Å². The van der Waals surface area contributed by atoms with Crippen LogP contribution in [0, 0.1) is 11.3 Å². The molecule has 0 saturated heterocycles. The van der Waals surface area contributed by atoms with Gasteiger partial charge in [0, 0.05) is 6.07 Å². The molecule has 0 amide bonds. The van der Waals surface area contributed by atoms with Crippen LogP contribution in [0.5, 0.6) is 5.75 Å². The van der Waals surface area contributed by atoms with Crippen LogP contribution in [-0.4, -0.2) is 12.1 Å². The van der Waals surface area contributed by atoms with Crippen molar-refractivity contribution in [2.75, 3.05) is 7.11 Å². The Morgan fingerprint density at radius 2 is 2.29 bits per heavy atom. The third-order valence-electron chi connectivity index (χ3n) is 1.58. The minimum absolute atomic E-state index is 0.147. The van der Waals surface area contributed by atoms with E-state index < -0.39 is 17.7 Å². The molecule has 0 aliphatic carbocycles. The first-order valence-electron chi connectivity index (χ1n) is 3.59. The average Bonchev–Trinajstić information content (AvgIpc) is 2.16. The number of rotatable bonds is 2. The van der Waals surface area contributed by atoms with E-state index in [1.54, 1.807) is 6.07 Å². The van der Waals surface area contributed by atoms with Gasteiger partial charge in [-0.3, -0.25) is 4.79 Å². The van der Waals surface area contributed by atoms with E-state index in [9.17, 15) is 13.6 Å². The summed E-state index contributed by atoms with van der Waals surface area (Å²) in [5.41, 5.74) is -1.75. The molecule has 1 heterocycles. The second kappa shape index (κ2) is 3.87. The normalized spacial score (nSPS) is 9.93. The number of halogens is 2. The largest absolute Gasteiger partial charge is 0.495 e. The van der Waals surface area contributed by atoms with E-state index in [2.05, 4.69) is 4.74 Å². The lowest BCUT2D eigenvalue weighted by atomic mass is 10.2. The lowest BCUT2D eigenvalue weighted by molar-refractivity contribution is 0.145. The summed E-state index contributed by atoms with van der Waals surface area (Å²) >= 11 is 0. The van der Waals surface area contributed by atoms with Gasteiger partial charge in [0.2, 0.25) is 0 Å². The molecule has 0 aromatic carbocycles. The molecule has 0 aliphatic rings. The number of aromatic nitrogens is 1. The summed E-state index contributed by atoms with van der Waals surface area (Å²) in [6, 6.07) is 2.50. The van der Waals surface area contributed by atoms with Crippen LogP contribution in [0.2, 0.25) is 0 Å². The lowest BCUT2D eigenvalue weighted by Crippen LogP contribution is -2.14. The van der Waals surface area contributed by atoms with Gasteiger partial charge in [-0.15, -0.1) is 0 Å². The molecule has 0 fully saturated rings. The summed E-state index contributed by atoms with van der Waals surface area (Å²) in [5, 5.41) is 8.52. The Bertz CT molecular complexity index is 434. The smallest absolute Gasteiger partial charge is 0.278 e. The van der Waals surface area contributed by atoms with Gasteiger partial charge < -0.3 is 9.72 Å². The summed E-state index contributed by atoms with van der Waals surface area (Å²) < 4.78 is 29.0. The van der Waals surface area contributed by atoms with E-state index in [-0.39, 0.29) is 11.3 Å². The Morgan fingerprint density at radius 1 is 1.64 bits per heavy atom. The predicted octanol–water partition coefficient (Wildman–Crippen LogP) is 1.19. The fourth-order valence-corrected chi connectivity index (χ4v) is 0.939. The molecule has 4 nitrogen and oxygen atoms in total. The molecule has 6 heteroatoms. The van der Waals surface area contributed by atoms with Gasteiger partial charge in [-0.1, -0.05) is 0 Å². The zero-order valence-electron chi connectivity index (χ0n) is 7.17. The van der Waals surface area contributed by atoms with Crippen molar-refractivity contribution in [1.82, 2.24) is 4.98 Å². The predicted molar refractivity (Wildman–Crippen MR) is 43.3 cm³/mol. The molecule has 1 aromatic heterocycles. The number of methoxy groups -OCH3 is 1. The molecule has 1 N–H and O–H groups in total. The number of nitrogens with zero attached hydrogens (tertiary/aromatic N) is 1. The number of aromatic amines is 1. The number of pyridine rings is 1. The average molecular weight is 200 g/mol. The second-order valence-electron chi connectivity index (χ2n) is 2.41. The van der Waals surface area contributed by atoms with Crippen molar-refractivity contribution in [2.24, 2.45) is 0 Å². The van der Waals surface area contributed by atoms with E-state index in [1.807, 2.05) is 4.98 Å². The number of hydrogen-bond donors (Lipinski definition) is 1. The molecule has 0 saturated carbocycles. The zero-order chi connectivity index (χ0) is 10.7. The van der Waals surface area contributed by atoms with Gasteiger partial charge >= 0.3 is 0 Å². The summed E-state index contributed by atoms with van der Waals surface area (Å²) in [4.78, 5) is 13.0. The molecule has 74 valence electrons. The van der Waals surface area contributed by atoms with Gasteiger partial charge in [0.25, 0.3) is 12.0 Å². The minimum Gasteiger partial charge on any atom is -0.495 e. The maximum Gasteiger partial charge on any atom is 0.278 e. The fourth-order valence-electron chi connectivity index (χ4n) is 0.939. The number of alkyl halides is 2. The van der Waals surface area contributed by atoms with Crippen molar-refractivity contribution in [1.29, 1.82) is 5.26 Å². The molecule has 0 atom stereocenters. The standard InChI is InChI=1S/C8H6F2N2O2/c1-14-6-2-5(7(9)10)12-8(13)4(6)3-11/h2,7H,1H3,(H,12,13). The van der Waals surface area contributed by atoms with E-state index in [4.69, 9.17) is 5.26 Å². The van der Waals surface area contributed by atoms with Crippen LogP contribution >= 0.6 is 0 Å². The van der Waals surface area contributed by atoms with Crippen molar-refractivity contribution < 1.29 is 13.5 Å². The first-order chi connectivity index (χ1) is 6.60. The highest BCUT2D eigenvalue weighted by Gasteiger charge is 2.14. The molecular formula is C8H6F2N2O2. The highest BCUT2D eigenvalue weighted by Crippen LogP contribution is 2.21. The van der Waals surface area contributed by atoms with Gasteiger partial charge in [-0.05, 0) is 0 Å². The minimum atomic E-state index is -2.80. The van der Waals surface area contributed by atoms with Crippen molar-refractivity contribution in [3.05, 3.63) is 27.7 Å². The van der Waals surface area contributed by atoms with Crippen LogP contribution in [0.1, 0.15) is 17.7 Å². The van der Waals surface area contributed by atoms with Gasteiger partial charge in [0.05, 0.1) is 12.8 Å². The summed E-state index contributed by atoms with van der Waals surface area (Å²) in [5.74, 6) is -0.147. The quantitative estimate of drug-likeness (QED) is 0.779. The van der Waals surface area contributed by atoms with E-state index in [1.165, 1.54) is 7.11 Å². The van der Waals surface area contributed by atoms with Crippen LogP contribution in [0.25, 0.3) is 0 Å². The fraction of sp³-hybridized carbons (Fsp3) is 0.250. The van der Waals surface area contributed by atoms with Gasteiger partial charge in [0.1, 0.15) is 11.8 Å². The molecule has 0 aliphatic heterocycles. The summed E-state index contributed by atoms with van der Waals surface area (Å²) in [6.07, 6.45) is -2.80. The number of H-pyrrole nitrogens is 1. The summed E-state index contributed by atoms with van der Waals surface area (Å²) in [6.45, 7) is 0. The molecule has 0 bridgehead atoms. The van der Waals surface area contributed by atoms with Crippen LogP contribution in [0.3, 0.4) is 0 Å². The first-order valence-corrected chi connectivity index (χ1v) is 3.59. The monoisotopic (exact) mass is 200 g/mol. The van der Waals surface area contributed by atoms with Crippen LogP contribution in [-0.2, 0) is 0 Å². The molecule has 14 heavy (non-hydrogen) atoms. The number of nitriles is 1. The molecule has 1 aromatic rings. The Morgan fingerprint density at radius 3 is 2.71 bits per heavy atom. The Hall–Kier alpha value is -1.90. The highest BCUT2D eigenvalue weighted by molar-refractivity contribution is 5.42. The molecule has 0 unspecified atom stereocenters. The maximum absolute atomic E-state index is 12.2. The summed E-state index contributed by atoms with van der Waals surface area (Å²) in [7, 11) is 1.20. The Balaban J connectivity index is 3.41. The van der Waals surface area contributed by atoms with Gasteiger partial charge in [-0.2, -0.15) is 5.26 Å². The van der Waals surface area contributed by atoms with Gasteiger partial charge in [0.15, 0.2) is 5.56 Å². The number of nitrogens with one attached hydrogen (secondary N) is 1. The van der Waals surface area contributed by atoms with Crippen molar-refractivity contribution in [2.45, 2.75) is 6.43 Å². The third-order valence-corrected chi connectivity index (χ3v) is 1.58. The van der Waals surface area contributed by atoms with Gasteiger partial charge in [-0.25, -0.2) is 8.78 Å². The lowest BCUT2D eigenvalue weighted by Gasteiger charge is -2.04. The maximum atomic E-state index is 12.2.